The van der Waals surface area contributed by atoms with E-state index in [9.17, 15) is 20.4 Å². The summed E-state index contributed by atoms with van der Waals surface area (Å²) in [6, 6.07) is 7.42. The van der Waals surface area contributed by atoms with Crippen molar-refractivity contribution in [1.29, 1.82) is 0 Å². The number of quaternary nitrogens is 1. The molecule has 1 aliphatic rings. The number of hydrogen-bond donors (Lipinski definition) is 4. The maximum atomic E-state index is 9.97. The summed E-state index contributed by atoms with van der Waals surface area (Å²) in [5, 5.41) is 38.7. The van der Waals surface area contributed by atoms with E-state index in [0.717, 1.165) is 17.4 Å². The Balaban J connectivity index is 1.97. The summed E-state index contributed by atoms with van der Waals surface area (Å²) in [5.74, 6) is 0.480. The lowest BCUT2D eigenvalue weighted by atomic mass is 9.99. The molecule has 0 aromatic heterocycles. The molecule has 1 heterocycles. The van der Waals surface area contributed by atoms with Crippen LogP contribution < -0.4 is 4.74 Å². The van der Waals surface area contributed by atoms with Crippen LogP contribution in [0.1, 0.15) is 5.56 Å². The molecule has 0 radical (unpaired) electrons. The van der Waals surface area contributed by atoms with Crippen LogP contribution in [0.25, 0.3) is 0 Å². The molecular weight excluding hydrogens is 314 g/mol. The fraction of sp³-hybridized carbons (Fsp3) is 0.647. The van der Waals surface area contributed by atoms with Gasteiger partial charge in [0.25, 0.3) is 0 Å². The van der Waals surface area contributed by atoms with E-state index in [4.69, 9.17) is 9.47 Å². The zero-order valence-corrected chi connectivity index (χ0v) is 14.4. The van der Waals surface area contributed by atoms with Gasteiger partial charge in [0.05, 0.1) is 34.3 Å². The Hall–Kier alpha value is -1.22. The largest absolute Gasteiger partial charge is 0.462 e. The number of likely N-dealkylation sites (N-methyl/N-ethyl adjacent to an activating group) is 1. The van der Waals surface area contributed by atoms with E-state index in [2.05, 4.69) is 21.1 Å². The molecule has 1 fully saturated rings. The third kappa shape index (κ3) is 4.89. The molecule has 1 saturated heterocycles. The molecule has 1 aromatic rings. The molecule has 24 heavy (non-hydrogen) atoms. The summed E-state index contributed by atoms with van der Waals surface area (Å²) >= 11 is 0. The highest BCUT2D eigenvalue weighted by molar-refractivity contribution is 5.27. The van der Waals surface area contributed by atoms with Crippen LogP contribution in [-0.4, -0.2) is 89.9 Å². The van der Waals surface area contributed by atoms with E-state index in [0.29, 0.717) is 5.75 Å². The van der Waals surface area contributed by atoms with Gasteiger partial charge in [0.2, 0.25) is 6.29 Å². The molecule has 2 rings (SSSR count). The second kappa shape index (κ2) is 7.77. The molecule has 0 spiro atoms. The molecule has 0 amide bonds. The quantitative estimate of drug-likeness (QED) is 0.501. The molecular formula is C17H28NO6+. The van der Waals surface area contributed by atoms with Gasteiger partial charge in [-0.2, -0.15) is 0 Å². The van der Waals surface area contributed by atoms with Crippen molar-refractivity contribution < 1.29 is 34.4 Å². The lowest BCUT2D eigenvalue weighted by molar-refractivity contribution is -0.870. The Morgan fingerprint density at radius 2 is 1.62 bits per heavy atom. The predicted octanol–water partition coefficient (Wildman–Crippen LogP) is -0.886. The SMILES string of the molecule is C[N+](C)(C)CCc1ccc(O[C@@H]2O[C@H](CO)[C@@H](O)[C@H](O)[C@H]2O)cc1. The number of ether oxygens (including phenoxy) is 2. The molecule has 5 atom stereocenters. The van der Waals surface area contributed by atoms with Gasteiger partial charge in [0.1, 0.15) is 30.2 Å². The van der Waals surface area contributed by atoms with Gasteiger partial charge in [0.15, 0.2) is 0 Å². The first-order chi connectivity index (χ1) is 11.2. The second-order valence-electron chi connectivity index (χ2n) is 7.22. The number of benzene rings is 1. The van der Waals surface area contributed by atoms with E-state index in [1.54, 1.807) is 12.1 Å². The van der Waals surface area contributed by atoms with Crippen LogP contribution in [0.2, 0.25) is 0 Å². The fourth-order valence-electron chi connectivity index (χ4n) is 2.50. The number of aliphatic hydroxyl groups excluding tert-OH is 4. The third-order valence-corrected chi connectivity index (χ3v) is 4.10. The molecule has 0 unspecified atom stereocenters. The van der Waals surface area contributed by atoms with Gasteiger partial charge in [-0.05, 0) is 17.7 Å². The van der Waals surface area contributed by atoms with E-state index in [-0.39, 0.29) is 0 Å². The van der Waals surface area contributed by atoms with Crippen molar-refractivity contribution in [3.63, 3.8) is 0 Å². The highest BCUT2D eigenvalue weighted by Crippen LogP contribution is 2.24. The van der Waals surface area contributed by atoms with E-state index < -0.39 is 37.3 Å². The zero-order valence-electron chi connectivity index (χ0n) is 14.4. The Bertz CT molecular complexity index is 513. The first-order valence-electron chi connectivity index (χ1n) is 8.08. The summed E-state index contributed by atoms with van der Waals surface area (Å²) < 4.78 is 11.8. The zero-order chi connectivity index (χ0) is 17.9. The van der Waals surface area contributed by atoms with E-state index in [1.165, 1.54) is 5.56 Å². The van der Waals surface area contributed by atoms with E-state index >= 15 is 0 Å². The van der Waals surface area contributed by atoms with Crippen LogP contribution >= 0.6 is 0 Å². The monoisotopic (exact) mass is 342 g/mol. The Morgan fingerprint density at radius 1 is 1.00 bits per heavy atom. The molecule has 4 N–H and O–H groups in total. The lowest BCUT2D eigenvalue weighted by Gasteiger charge is -2.39. The topological polar surface area (TPSA) is 99.4 Å². The average molecular weight is 342 g/mol. The highest BCUT2D eigenvalue weighted by Gasteiger charge is 2.44. The molecule has 0 aliphatic carbocycles. The van der Waals surface area contributed by atoms with Crippen LogP contribution in [0.3, 0.4) is 0 Å². The smallest absolute Gasteiger partial charge is 0.229 e. The molecule has 7 nitrogen and oxygen atoms in total. The maximum Gasteiger partial charge on any atom is 0.229 e. The van der Waals surface area contributed by atoms with Gasteiger partial charge in [-0.3, -0.25) is 0 Å². The Kier molecular flexibility index (Phi) is 6.19. The number of rotatable bonds is 6. The molecule has 0 bridgehead atoms. The van der Waals surface area contributed by atoms with Crippen molar-refractivity contribution in [2.75, 3.05) is 34.3 Å². The average Bonchev–Trinajstić information content (AvgIpc) is 2.54. The van der Waals surface area contributed by atoms with Gasteiger partial charge in [0, 0.05) is 6.42 Å². The van der Waals surface area contributed by atoms with E-state index in [1.807, 2.05) is 12.1 Å². The minimum atomic E-state index is -1.44. The summed E-state index contributed by atoms with van der Waals surface area (Å²) in [6.07, 6.45) is -5.42. The van der Waals surface area contributed by atoms with Crippen molar-refractivity contribution in [2.45, 2.75) is 37.1 Å². The van der Waals surface area contributed by atoms with Gasteiger partial charge in [-0.25, -0.2) is 0 Å². The third-order valence-electron chi connectivity index (χ3n) is 4.10. The molecule has 136 valence electrons. The molecule has 0 saturated carbocycles. The van der Waals surface area contributed by atoms with Crippen molar-refractivity contribution in [3.05, 3.63) is 29.8 Å². The fourth-order valence-corrected chi connectivity index (χ4v) is 2.50. The number of hydrogen-bond acceptors (Lipinski definition) is 6. The van der Waals surface area contributed by atoms with Crippen molar-refractivity contribution >= 4 is 0 Å². The molecule has 1 aliphatic heterocycles. The number of nitrogens with zero attached hydrogens (tertiary/aromatic N) is 1. The van der Waals surface area contributed by atoms with Gasteiger partial charge in [-0.15, -0.1) is 0 Å². The van der Waals surface area contributed by atoms with Crippen LogP contribution in [0.5, 0.6) is 5.75 Å². The van der Waals surface area contributed by atoms with Crippen LogP contribution in [0.4, 0.5) is 0 Å². The first-order valence-corrected chi connectivity index (χ1v) is 8.08. The first kappa shape index (κ1) is 19.1. The summed E-state index contributed by atoms with van der Waals surface area (Å²) in [5.41, 5.74) is 1.17. The normalized spacial score (nSPS) is 31.0. The van der Waals surface area contributed by atoms with Gasteiger partial charge in [-0.1, -0.05) is 12.1 Å². The van der Waals surface area contributed by atoms with Crippen molar-refractivity contribution in [2.24, 2.45) is 0 Å². The maximum absolute atomic E-state index is 9.97. The Labute approximate surface area is 142 Å². The minimum absolute atomic E-state index is 0.477. The van der Waals surface area contributed by atoms with Crippen LogP contribution in [-0.2, 0) is 11.2 Å². The van der Waals surface area contributed by atoms with Crippen molar-refractivity contribution in [1.82, 2.24) is 0 Å². The Morgan fingerprint density at radius 3 is 2.17 bits per heavy atom. The minimum Gasteiger partial charge on any atom is -0.462 e. The number of aliphatic hydroxyl groups is 4. The second-order valence-corrected chi connectivity index (χ2v) is 7.22. The summed E-state index contributed by atoms with van der Waals surface area (Å²) in [4.78, 5) is 0. The highest BCUT2D eigenvalue weighted by atomic mass is 16.7. The van der Waals surface area contributed by atoms with Crippen LogP contribution in [0.15, 0.2) is 24.3 Å². The molecule has 1 aromatic carbocycles. The lowest BCUT2D eigenvalue weighted by Crippen LogP contribution is -2.60. The summed E-state index contributed by atoms with van der Waals surface area (Å²) in [7, 11) is 6.41. The standard InChI is InChI=1S/C17H28NO6/c1-18(2,3)9-8-11-4-6-12(7-5-11)23-17-16(22)15(21)14(20)13(10-19)24-17/h4-7,13-17,19-22H,8-10H2,1-3H3/q+1/t13-,14-,15+,16-,17-/m1/s1. The van der Waals surface area contributed by atoms with Crippen molar-refractivity contribution in [3.8, 4) is 5.75 Å². The van der Waals surface area contributed by atoms with Gasteiger partial charge >= 0.3 is 0 Å². The van der Waals surface area contributed by atoms with Crippen LogP contribution in [0, 0.1) is 0 Å². The summed E-state index contributed by atoms with van der Waals surface area (Å²) in [6.45, 7) is 0.529. The molecule has 7 heteroatoms. The van der Waals surface area contributed by atoms with Gasteiger partial charge < -0.3 is 34.4 Å². The predicted molar refractivity (Wildman–Crippen MR) is 87.4 cm³/mol.